The molecule has 6 rings (SSSR count). The molecule has 1 aromatic heterocycles. The van der Waals surface area contributed by atoms with Crippen LogP contribution < -0.4 is 5.73 Å². The standard InChI is InChI=1S/C26H22ClFN4O2/c1-31-11-17-9-16(31)12-32(17)26(34)14-2-4-18-15(6-14)7-19-20(25(29)33)10-23(30-24(18)19)13-3-5-22(28)21(27)8-13/h2-6,8,10,16-17H,7,9,11-12H2,1H3,(H2,29,33)/t16-,17-/m0/s1. The summed E-state index contributed by atoms with van der Waals surface area (Å²) in [5.74, 6) is -1.04. The van der Waals surface area contributed by atoms with Crippen molar-refractivity contribution >= 4 is 23.4 Å². The molecule has 2 bridgehead atoms. The maximum absolute atomic E-state index is 13.7. The third kappa shape index (κ3) is 3.22. The summed E-state index contributed by atoms with van der Waals surface area (Å²) in [6.45, 7) is 1.67. The lowest BCUT2D eigenvalue weighted by atomic mass is 10.0. The molecule has 0 radical (unpaired) electrons. The van der Waals surface area contributed by atoms with Gasteiger partial charge in [-0.25, -0.2) is 9.37 Å². The lowest BCUT2D eigenvalue weighted by molar-refractivity contribution is 0.0650. The van der Waals surface area contributed by atoms with E-state index < -0.39 is 11.7 Å². The molecule has 2 N–H and O–H groups in total. The predicted octanol–water partition coefficient (Wildman–Crippen LogP) is 3.74. The van der Waals surface area contributed by atoms with E-state index in [0.29, 0.717) is 40.5 Å². The van der Waals surface area contributed by atoms with E-state index in [1.165, 1.54) is 12.1 Å². The normalized spacial score (nSPS) is 20.5. The molecule has 34 heavy (non-hydrogen) atoms. The monoisotopic (exact) mass is 476 g/mol. The van der Waals surface area contributed by atoms with Crippen molar-refractivity contribution < 1.29 is 14.0 Å². The van der Waals surface area contributed by atoms with E-state index in [2.05, 4.69) is 11.9 Å². The number of nitrogens with zero attached hydrogens (tertiary/aromatic N) is 3. The SMILES string of the molecule is CN1C[C@@H]2C[C@H]1CN2C(=O)c1ccc2c(c1)Cc1c(C(N)=O)cc(-c3ccc(F)c(Cl)c3)nc1-2. The van der Waals surface area contributed by atoms with E-state index in [-0.39, 0.29) is 17.0 Å². The second-order valence-corrected chi connectivity index (χ2v) is 9.77. The Morgan fingerprint density at radius 2 is 1.94 bits per heavy atom. The minimum atomic E-state index is -0.561. The van der Waals surface area contributed by atoms with E-state index in [0.717, 1.165) is 36.2 Å². The highest BCUT2D eigenvalue weighted by Crippen LogP contribution is 2.40. The van der Waals surface area contributed by atoms with Crippen molar-refractivity contribution in [3.63, 3.8) is 0 Å². The van der Waals surface area contributed by atoms with E-state index in [1.54, 1.807) is 12.1 Å². The number of primary amides is 1. The third-order valence-corrected chi connectivity index (χ3v) is 7.64. The number of piperazine rings is 1. The highest BCUT2D eigenvalue weighted by atomic mass is 35.5. The Bertz CT molecular complexity index is 1390. The number of likely N-dealkylation sites (tertiary alicyclic amines) is 2. The molecule has 2 aliphatic heterocycles. The molecule has 8 heteroatoms. The number of halogens is 2. The van der Waals surface area contributed by atoms with E-state index in [9.17, 15) is 14.0 Å². The number of carbonyl (C=O) groups excluding carboxylic acids is 2. The van der Waals surface area contributed by atoms with Gasteiger partial charge in [0, 0.05) is 53.8 Å². The van der Waals surface area contributed by atoms with Crippen molar-refractivity contribution in [2.24, 2.45) is 5.73 Å². The van der Waals surface area contributed by atoms with Gasteiger partial charge in [0.15, 0.2) is 0 Å². The summed E-state index contributed by atoms with van der Waals surface area (Å²) in [6, 6.07) is 12.3. The molecule has 3 heterocycles. The molecule has 3 aliphatic rings. The van der Waals surface area contributed by atoms with E-state index in [1.807, 2.05) is 23.1 Å². The Morgan fingerprint density at radius 3 is 2.62 bits per heavy atom. The summed E-state index contributed by atoms with van der Waals surface area (Å²) in [4.78, 5) is 34.7. The largest absolute Gasteiger partial charge is 0.366 e. The van der Waals surface area contributed by atoms with Crippen LogP contribution in [0, 0.1) is 5.82 Å². The van der Waals surface area contributed by atoms with Crippen molar-refractivity contribution in [1.29, 1.82) is 0 Å². The van der Waals surface area contributed by atoms with Gasteiger partial charge < -0.3 is 10.6 Å². The second-order valence-electron chi connectivity index (χ2n) is 9.36. The number of benzene rings is 2. The number of amides is 2. The summed E-state index contributed by atoms with van der Waals surface area (Å²) < 4.78 is 13.7. The van der Waals surface area contributed by atoms with Gasteiger partial charge in [-0.1, -0.05) is 17.7 Å². The van der Waals surface area contributed by atoms with Crippen LogP contribution in [0.2, 0.25) is 5.02 Å². The van der Waals surface area contributed by atoms with Crippen LogP contribution in [0.1, 0.15) is 38.3 Å². The fraction of sp³-hybridized carbons (Fsp3) is 0.269. The zero-order valence-electron chi connectivity index (χ0n) is 18.5. The predicted molar refractivity (Wildman–Crippen MR) is 127 cm³/mol. The van der Waals surface area contributed by atoms with Gasteiger partial charge in [-0.2, -0.15) is 0 Å². The molecule has 2 fully saturated rings. The molecule has 2 saturated heterocycles. The fourth-order valence-electron chi connectivity index (χ4n) is 5.57. The lowest BCUT2D eigenvalue weighted by Gasteiger charge is -2.32. The quantitative estimate of drug-likeness (QED) is 0.488. The molecule has 0 spiro atoms. The maximum Gasteiger partial charge on any atom is 0.254 e. The number of nitrogens with two attached hydrogens (primary N) is 1. The topological polar surface area (TPSA) is 79.5 Å². The van der Waals surface area contributed by atoms with Crippen molar-refractivity contribution in [3.8, 4) is 22.5 Å². The van der Waals surface area contributed by atoms with Gasteiger partial charge in [-0.05, 0) is 61.0 Å². The van der Waals surface area contributed by atoms with Crippen molar-refractivity contribution in [1.82, 2.24) is 14.8 Å². The first-order valence-corrected chi connectivity index (χ1v) is 11.6. The Balaban J connectivity index is 1.38. The average Bonchev–Trinajstić information content (AvgIpc) is 3.50. The molecular formula is C26H22ClFN4O2. The number of carbonyl (C=O) groups is 2. The first-order chi connectivity index (χ1) is 16.3. The van der Waals surface area contributed by atoms with Gasteiger partial charge in [0.05, 0.1) is 16.4 Å². The van der Waals surface area contributed by atoms with Crippen LogP contribution in [-0.2, 0) is 6.42 Å². The third-order valence-electron chi connectivity index (χ3n) is 7.35. The van der Waals surface area contributed by atoms with Crippen LogP contribution in [0.25, 0.3) is 22.5 Å². The number of likely N-dealkylation sites (N-methyl/N-ethyl adjacent to an activating group) is 1. The molecule has 2 aromatic carbocycles. The number of pyridine rings is 1. The van der Waals surface area contributed by atoms with Gasteiger partial charge in [0.2, 0.25) is 5.91 Å². The number of aromatic nitrogens is 1. The fourth-order valence-corrected chi connectivity index (χ4v) is 5.75. The first kappa shape index (κ1) is 21.3. The van der Waals surface area contributed by atoms with Gasteiger partial charge in [-0.15, -0.1) is 0 Å². The lowest BCUT2D eigenvalue weighted by Crippen LogP contribution is -2.47. The van der Waals surface area contributed by atoms with Gasteiger partial charge in [-0.3, -0.25) is 14.5 Å². The number of hydrogen-bond acceptors (Lipinski definition) is 4. The zero-order valence-corrected chi connectivity index (χ0v) is 19.3. The summed E-state index contributed by atoms with van der Waals surface area (Å²) in [7, 11) is 2.11. The van der Waals surface area contributed by atoms with Crippen LogP contribution in [0.3, 0.4) is 0 Å². The molecule has 0 saturated carbocycles. The molecule has 172 valence electrons. The minimum absolute atomic E-state index is 0.0224. The molecule has 1 aliphatic carbocycles. The van der Waals surface area contributed by atoms with Crippen molar-refractivity contribution in [3.05, 3.63) is 75.6 Å². The van der Waals surface area contributed by atoms with Crippen LogP contribution >= 0.6 is 11.6 Å². The van der Waals surface area contributed by atoms with Gasteiger partial charge in [0.1, 0.15) is 5.82 Å². The summed E-state index contributed by atoms with van der Waals surface area (Å²) in [5.41, 5.74) is 11.0. The van der Waals surface area contributed by atoms with E-state index in [4.69, 9.17) is 22.3 Å². The summed E-state index contributed by atoms with van der Waals surface area (Å²) in [6.07, 6.45) is 1.50. The van der Waals surface area contributed by atoms with Gasteiger partial charge >= 0.3 is 0 Å². The number of rotatable bonds is 3. The van der Waals surface area contributed by atoms with E-state index >= 15 is 0 Å². The first-order valence-electron chi connectivity index (χ1n) is 11.2. The van der Waals surface area contributed by atoms with Crippen molar-refractivity contribution in [2.45, 2.75) is 24.9 Å². The smallest absolute Gasteiger partial charge is 0.254 e. The Kier molecular flexibility index (Phi) is 4.76. The average molecular weight is 477 g/mol. The molecule has 2 atom stereocenters. The van der Waals surface area contributed by atoms with Crippen LogP contribution in [0.5, 0.6) is 0 Å². The molecular weight excluding hydrogens is 455 g/mol. The number of fused-ring (bicyclic) bond motifs is 5. The Morgan fingerprint density at radius 1 is 1.12 bits per heavy atom. The summed E-state index contributed by atoms with van der Waals surface area (Å²) >= 11 is 5.96. The van der Waals surface area contributed by atoms with Crippen LogP contribution in [-0.4, -0.2) is 58.8 Å². The molecule has 6 nitrogen and oxygen atoms in total. The van der Waals surface area contributed by atoms with Crippen LogP contribution in [0.15, 0.2) is 42.5 Å². The highest BCUT2D eigenvalue weighted by Gasteiger charge is 2.43. The Hall–Kier alpha value is -3.29. The molecule has 3 aromatic rings. The Labute approximate surface area is 201 Å². The minimum Gasteiger partial charge on any atom is -0.366 e. The second kappa shape index (κ2) is 7.61. The van der Waals surface area contributed by atoms with Crippen molar-refractivity contribution in [2.75, 3.05) is 20.1 Å². The van der Waals surface area contributed by atoms with Crippen LogP contribution in [0.4, 0.5) is 4.39 Å². The van der Waals surface area contributed by atoms with Gasteiger partial charge in [0.25, 0.3) is 5.91 Å². The number of hydrogen-bond donors (Lipinski definition) is 1. The zero-order chi connectivity index (χ0) is 23.7. The summed E-state index contributed by atoms with van der Waals surface area (Å²) in [5, 5.41) is -0.0224. The maximum atomic E-state index is 13.7. The highest BCUT2D eigenvalue weighted by molar-refractivity contribution is 6.31. The molecule has 2 amide bonds. The molecule has 0 unspecified atom stereocenters.